The van der Waals surface area contributed by atoms with E-state index in [-0.39, 0.29) is 29.2 Å². The van der Waals surface area contributed by atoms with Gasteiger partial charge in [0.25, 0.3) is 0 Å². The fourth-order valence-electron chi connectivity index (χ4n) is 4.19. The van der Waals surface area contributed by atoms with Crippen molar-refractivity contribution in [1.29, 1.82) is 10.8 Å². The van der Waals surface area contributed by atoms with E-state index in [2.05, 4.69) is 27.7 Å². The minimum absolute atomic E-state index is 0.00840. The van der Waals surface area contributed by atoms with Crippen molar-refractivity contribution in [2.24, 2.45) is 11.5 Å². The molecule has 1 heterocycles. The Labute approximate surface area is 188 Å². The second-order valence-electron chi connectivity index (χ2n) is 8.76. The molecule has 0 saturated heterocycles. The first-order valence-electron chi connectivity index (χ1n) is 10.8. The van der Waals surface area contributed by atoms with Crippen LogP contribution in [0.15, 0.2) is 53.3 Å². The van der Waals surface area contributed by atoms with E-state index in [0.717, 1.165) is 22.5 Å². The Morgan fingerprint density at radius 3 is 1.47 bits per heavy atom. The lowest BCUT2D eigenvalue weighted by Gasteiger charge is -2.16. The van der Waals surface area contributed by atoms with Gasteiger partial charge in [0.05, 0.1) is 13.1 Å². The van der Waals surface area contributed by atoms with Gasteiger partial charge in [-0.05, 0) is 35.1 Å². The lowest BCUT2D eigenvalue weighted by Crippen LogP contribution is -2.27. The number of amidine groups is 2. The standard InChI is InChI=1S/C25H32N6O/c1-15(2)21-22(16(3)4)31(14-18-8-6-10-20(12-18)24(28)29)25(32)30(21)13-17-7-5-9-19(11-17)23(26)27/h5-12,15-16H,13-14H2,1-4H3,(H3,26,27)(H3,28,29). The van der Waals surface area contributed by atoms with Crippen LogP contribution in [0.1, 0.15) is 73.2 Å². The molecule has 7 nitrogen and oxygen atoms in total. The smallest absolute Gasteiger partial charge is 0.329 e. The van der Waals surface area contributed by atoms with E-state index in [0.29, 0.717) is 24.2 Å². The Kier molecular flexibility index (Phi) is 6.67. The summed E-state index contributed by atoms with van der Waals surface area (Å²) in [7, 11) is 0. The molecule has 0 saturated carbocycles. The minimum Gasteiger partial charge on any atom is -0.384 e. The number of nitrogens with two attached hydrogens (primary N) is 2. The number of hydrogen-bond donors (Lipinski definition) is 4. The molecule has 0 atom stereocenters. The molecular formula is C25H32N6O. The number of aromatic nitrogens is 2. The highest BCUT2D eigenvalue weighted by molar-refractivity contribution is 5.95. The second kappa shape index (κ2) is 9.26. The average Bonchev–Trinajstić information content (AvgIpc) is 3.00. The second-order valence-corrected chi connectivity index (χ2v) is 8.76. The fourth-order valence-corrected chi connectivity index (χ4v) is 4.19. The van der Waals surface area contributed by atoms with E-state index < -0.39 is 0 Å². The monoisotopic (exact) mass is 432 g/mol. The number of nitrogen functional groups attached to an aromatic ring is 2. The Hall–Kier alpha value is -3.61. The van der Waals surface area contributed by atoms with Gasteiger partial charge in [0.1, 0.15) is 11.7 Å². The molecular weight excluding hydrogens is 400 g/mol. The van der Waals surface area contributed by atoms with E-state index >= 15 is 0 Å². The van der Waals surface area contributed by atoms with E-state index in [1.54, 1.807) is 12.1 Å². The molecule has 6 N–H and O–H groups in total. The molecule has 0 aliphatic heterocycles. The highest BCUT2D eigenvalue weighted by Crippen LogP contribution is 2.27. The first kappa shape index (κ1) is 23.1. The van der Waals surface area contributed by atoms with Crippen LogP contribution in [0.25, 0.3) is 0 Å². The van der Waals surface area contributed by atoms with Crippen molar-refractivity contribution in [1.82, 2.24) is 9.13 Å². The first-order chi connectivity index (χ1) is 15.1. The summed E-state index contributed by atoms with van der Waals surface area (Å²) >= 11 is 0. The Bertz CT molecular complexity index is 1120. The fraction of sp³-hybridized carbons (Fsp3) is 0.320. The Morgan fingerprint density at radius 2 is 1.16 bits per heavy atom. The molecule has 0 radical (unpaired) electrons. The molecule has 7 heteroatoms. The molecule has 2 aromatic carbocycles. The van der Waals surface area contributed by atoms with E-state index in [9.17, 15) is 4.79 Å². The van der Waals surface area contributed by atoms with Crippen LogP contribution in [0.5, 0.6) is 0 Å². The van der Waals surface area contributed by atoms with Crippen molar-refractivity contribution in [3.05, 3.63) is 92.7 Å². The quantitative estimate of drug-likeness (QED) is 0.321. The van der Waals surface area contributed by atoms with E-state index in [1.165, 1.54) is 0 Å². The van der Waals surface area contributed by atoms with Gasteiger partial charge >= 0.3 is 5.69 Å². The largest absolute Gasteiger partial charge is 0.384 e. The molecule has 0 fully saturated rings. The van der Waals surface area contributed by atoms with Gasteiger partial charge in [0.15, 0.2) is 0 Å². The average molecular weight is 433 g/mol. The van der Waals surface area contributed by atoms with Crippen LogP contribution in [0, 0.1) is 10.8 Å². The summed E-state index contributed by atoms with van der Waals surface area (Å²) in [6, 6.07) is 14.9. The zero-order chi connectivity index (χ0) is 23.6. The lowest BCUT2D eigenvalue weighted by atomic mass is 10.00. The van der Waals surface area contributed by atoms with Gasteiger partial charge in [-0.1, -0.05) is 64.1 Å². The molecule has 3 rings (SSSR count). The maximum atomic E-state index is 13.7. The van der Waals surface area contributed by atoms with Crippen molar-refractivity contribution in [3.63, 3.8) is 0 Å². The molecule has 168 valence electrons. The molecule has 0 unspecified atom stereocenters. The number of rotatable bonds is 8. The van der Waals surface area contributed by atoms with Gasteiger partial charge in [-0.2, -0.15) is 0 Å². The lowest BCUT2D eigenvalue weighted by molar-refractivity contribution is 0.646. The van der Waals surface area contributed by atoms with Crippen LogP contribution in [-0.4, -0.2) is 20.8 Å². The maximum absolute atomic E-state index is 13.7. The van der Waals surface area contributed by atoms with Crippen LogP contribution in [-0.2, 0) is 13.1 Å². The van der Waals surface area contributed by atoms with Crippen LogP contribution in [0.3, 0.4) is 0 Å². The molecule has 0 aliphatic carbocycles. The highest BCUT2D eigenvalue weighted by atomic mass is 16.1. The molecule has 0 amide bonds. The Morgan fingerprint density at radius 1 is 0.781 bits per heavy atom. The number of imidazole rings is 1. The van der Waals surface area contributed by atoms with Crippen LogP contribution in [0.4, 0.5) is 0 Å². The predicted molar refractivity (Wildman–Crippen MR) is 130 cm³/mol. The van der Waals surface area contributed by atoms with E-state index in [4.69, 9.17) is 22.3 Å². The normalized spacial score (nSPS) is 11.3. The summed E-state index contributed by atoms with van der Waals surface area (Å²) in [4.78, 5) is 13.7. The zero-order valence-corrected chi connectivity index (χ0v) is 19.1. The summed E-state index contributed by atoms with van der Waals surface area (Å²) in [5.74, 6) is 0.324. The van der Waals surface area contributed by atoms with Gasteiger partial charge in [-0.15, -0.1) is 0 Å². The van der Waals surface area contributed by atoms with Crippen molar-refractivity contribution in [2.75, 3.05) is 0 Å². The minimum atomic E-state index is -0.0705. The SMILES string of the molecule is CC(C)c1c(C(C)C)n(Cc2cccc(C(=N)N)c2)c(=O)n1Cc1cccc(C(=N)N)c1. The number of hydrogen-bond acceptors (Lipinski definition) is 3. The van der Waals surface area contributed by atoms with Gasteiger partial charge in [0.2, 0.25) is 0 Å². The van der Waals surface area contributed by atoms with Crippen molar-refractivity contribution in [3.8, 4) is 0 Å². The summed E-state index contributed by atoms with van der Waals surface area (Å²) in [5.41, 5.74) is 16.4. The molecule has 1 aromatic heterocycles. The van der Waals surface area contributed by atoms with Gasteiger partial charge in [-0.25, -0.2) is 4.79 Å². The zero-order valence-electron chi connectivity index (χ0n) is 19.1. The van der Waals surface area contributed by atoms with Gasteiger partial charge in [-0.3, -0.25) is 20.0 Å². The maximum Gasteiger partial charge on any atom is 0.329 e. The van der Waals surface area contributed by atoms with Gasteiger partial charge in [0, 0.05) is 22.5 Å². The number of nitrogens with one attached hydrogen (secondary N) is 2. The third-order valence-electron chi connectivity index (χ3n) is 5.56. The number of nitrogens with zero attached hydrogens (tertiary/aromatic N) is 2. The third-order valence-corrected chi connectivity index (χ3v) is 5.56. The summed E-state index contributed by atoms with van der Waals surface area (Å²) in [6.07, 6.45) is 0. The summed E-state index contributed by atoms with van der Waals surface area (Å²) in [6.45, 7) is 9.22. The molecule has 0 spiro atoms. The third kappa shape index (κ3) is 4.66. The van der Waals surface area contributed by atoms with Crippen molar-refractivity contribution >= 4 is 11.7 Å². The van der Waals surface area contributed by atoms with E-state index in [1.807, 2.05) is 45.5 Å². The molecule has 32 heavy (non-hydrogen) atoms. The predicted octanol–water partition coefficient (Wildman–Crippen LogP) is 3.56. The van der Waals surface area contributed by atoms with Crippen LogP contribution >= 0.6 is 0 Å². The topological polar surface area (TPSA) is 127 Å². The molecule has 3 aromatic rings. The summed E-state index contributed by atoms with van der Waals surface area (Å²) < 4.78 is 3.68. The van der Waals surface area contributed by atoms with Gasteiger partial charge < -0.3 is 11.5 Å². The van der Waals surface area contributed by atoms with Crippen LogP contribution < -0.4 is 17.2 Å². The molecule has 0 aliphatic rings. The Balaban J connectivity index is 2.14. The van der Waals surface area contributed by atoms with Crippen molar-refractivity contribution < 1.29 is 0 Å². The first-order valence-corrected chi connectivity index (χ1v) is 10.8. The van der Waals surface area contributed by atoms with Crippen molar-refractivity contribution in [2.45, 2.75) is 52.6 Å². The highest BCUT2D eigenvalue weighted by Gasteiger charge is 2.24. The summed E-state index contributed by atoms with van der Waals surface area (Å²) in [5, 5.41) is 15.4. The number of benzene rings is 2. The molecule has 0 bridgehead atoms. The van der Waals surface area contributed by atoms with Crippen LogP contribution in [0.2, 0.25) is 0 Å².